The van der Waals surface area contributed by atoms with E-state index in [4.69, 9.17) is 25.9 Å². The standard InChI is InChI=1S/C46H28N4O/c1-47-40-20-9-8-18-37(40)34-16-10-17-35(28-34)45-48-44(33-14-6-3-7-15-33)49-46(50-45)36-26-27-39-42(29-36)51-41-21-11-19-38(43(39)41)32-24-22-31(23-25-32)30-12-4-2-5-13-30/h2-29H. The molecule has 2 aromatic heterocycles. The highest BCUT2D eigenvalue weighted by atomic mass is 16.3. The van der Waals surface area contributed by atoms with Crippen molar-refractivity contribution in [2.75, 3.05) is 0 Å². The molecule has 0 spiro atoms. The Kier molecular flexibility index (Phi) is 7.46. The molecule has 7 aromatic carbocycles. The number of hydrogen-bond donors (Lipinski definition) is 0. The largest absolute Gasteiger partial charge is 0.456 e. The van der Waals surface area contributed by atoms with Crippen molar-refractivity contribution >= 4 is 27.6 Å². The van der Waals surface area contributed by atoms with E-state index in [1.54, 1.807) is 0 Å². The zero-order valence-electron chi connectivity index (χ0n) is 27.4. The molecule has 0 N–H and O–H groups in total. The number of rotatable bonds is 6. The highest BCUT2D eigenvalue weighted by Crippen LogP contribution is 2.39. The van der Waals surface area contributed by atoms with Gasteiger partial charge in [-0.05, 0) is 57.6 Å². The minimum atomic E-state index is 0.546. The molecule has 238 valence electrons. The van der Waals surface area contributed by atoms with Gasteiger partial charge >= 0.3 is 0 Å². The third kappa shape index (κ3) is 5.61. The zero-order chi connectivity index (χ0) is 34.1. The Labute approximate surface area is 295 Å². The van der Waals surface area contributed by atoms with Crippen molar-refractivity contribution in [3.05, 3.63) is 181 Å². The Morgan fingerprint density at radius 2 is 0.922 bits per heavy atom. The molecule has 0 unspecified atom stereocenters. The van der Waals surface area contributed by atoms with Gasteiger partial charge in [-0.25, -0.2) is 19.8 Å². The van der Waals surface area contributed by atoms with Gasteiger partial charge in [-0.15, -0.1) is 0 Å². The van der Waals surface area contributed by atoms with Gasteiger partial charge in [-0.3, -0.25) is 0 Å². The first-order chi connectivity index (χ1) is 25.2. The fourth-order valence-corrected chi connectivity index (χ4v) is 6.67. The molecule has 0 saturated heterocycles. The Morgan fingerprint density at radius 1 is 0.392 bits per heavy atom. The quantitative estimate of drug-likeness (QED) is 0.168. The average molecular weight is 653 g/mol. The van der Waals surface area contributed by atoms with Crippen LogP contribution in [0.1, 0.15) is 0 Å². The van der Waals surface area contributed by atoms with Gasteiger partial charge in [0.05, 0.1) is 6.57 Å². The third-order valence-electron chi connectivity index (χ3n) is 9.18. The number of benzene rings is 7. The summed E-state index contributed by atoms with van der Waals surface area (Å²) in [4.78, 5) is 18.6. The summed E-state index contributed by atoms with van der Waals surface area (Å²) < 4.78 is 6.49. The van der Waals surface area contributed by atoms with Crippen molar-refractivity contribution in [2.45, 2.75) is 0 Å². The first kappa shape index (κ1) is 29.9. The molecule has 0 aliphatic carbocycles. The van der Waals surface area contributed by atoms with Gasteiger partial charge in [-0.1, -0.05) is 146 Å². The smallest absolute Gasteiger partial charge is 0.194 e. The number of aromatic nitrogens is 3. The summed E-state index contributed by atoms with van der Waals surface area (Å²) in [5.41, 5.74) is 11.2. The number of para-hydroxylation sites is 1. The lowest BCUT2D eigenvalue weighted by atomic mass is 9.96. The Bertz CT molecular complexity index is 2750. The SMILES string of the molecule is [C-]#[N+]c1ccccc1-c1cccc(-c2nc(-c3ccccc3)nc(-c3ccc4c(c3)oc3cccc(-c5ccc(-c6ccccc6)cc5)c34)n2)c1. The predicted molar refractivity (Wildman–Crippen MR) is 206 cm³/mol. The molecular weight excluding hydrogens is 625 g/mol. The molecule has 0 fully saturated rings. The maximum Gasteiger partial charge on any atom is 0.194 e. The monoisotopic (exact) mass is 652 g/mol. The van der Waals surface area contributed by atoms with E-state index in [1.807, 2.05) is 103 Å². The van der Waals surface area contributed by atoms with Crippen molar-refractivity contribution in [3.8, 4) is 67.5 Å². The van der Waals surface area contributed by atoms with Crippen molar-refractivity contribution < 1.29 is 4.42 Å². The molecule has 51 heavy (non-hydrogen) atoms. The summed E-state index contributed by atoms with van der Waals surface area (Å²) in [6.07, 6.45) is 0. The van der Waals surface area contributed by atoms with E-state index >= 15 is 0 Å². The van der Waals surface area contributed by atoms with Gasteiger partial charge < -0.3 is 4.42 Å². The fourth-order valence-electron chi connectivity index (χ4n) is 6.67. The number of fused-ring (bicyclic) bond motifs is 3. The maximum absolute atomic E-state index is 7.67. The topological polar surface area (TPSA) is 56.2 Å². The second-order valence-electron chi connectivity index (χ2n) is 12.3. The van der Waals surface area contributed by atoms with Gasteiger partial charge in [0.1, 0.15) is 11.2 Å². The molecule has 0 aliphatic rings. The van der Waals surface area contributed by atoms with E-state index in [1.165, 1.54) is 11.1 Å². The first-order valence-corrected chi connectivity index (χ1v) is 16.7. The second kappa shape index (κ2) is 12.7. The van der Waals surface area contributed by atoms with Crippen molar-refractivity contribution in [3.63, 3.8) is 0 Å². The molecule has 0 aliphatic heterocycles. The van der Waals surface area contributed by atoms with Gasteiger partial charge in [-0.2, -0.15) is 0 Å². The molecule has 9 rings (SSSR count). The Hall–Kier alpha value is -7.16. The summed E-state index contributed by atoms with van der Waals surface area (Å²) >= 11 is 0. The summed E-state index contributed by atoms with van der Waals surface area (Å²) in [5.74, 6) is 1.67. The van der Waals surface area contributed by atoms with E-state index in [-0.39, 0.29) is 0 Å². The van der Waals surface area contributed by atoms with E-state index in [0.717, 1.165) is 60.9 Å². The molecule has 0 saturated carbocycles. The molecule has 5 nitrogen and oxygen atoms in total. The third-order valence-corrected chi connectivity index (χ3v) is 9.18. The maximum atomic E-state index is 7.67. The van der Waals surface area contributed by atoms with Gasteiger partial charge in [0.2, 0.25) is 0 Å². The van der Waals surface area contributed by atoms with Gasteiger partial charge in [0, 0.05) is 27.5 Å². The van der Waals surface area contributed by atoms with Crippen LogP contribution in [0.2, 0.25) is 0 Å². The lowest BCUT2D eigenvalue weighted by Gasteiger charge is -2.10. The van der Waals surface area contributed by atoms with E-state index in [9.17, 15) is 0 Å². The first-order valence-electron chi connectivity index (χ1n) is 16.7. The Morgan fingerprint density at radius 3 is 1.67 bits per heavy atom. The number of hydrogen-bond acceptors (Lipinski definition) is 4. The van der Waals surface area contributed by atoms with Crippen LogP contribution in [0.5, 0.6) is 0 Å². The van der Waals surface area contributed by atoms with Crippen molar-refractivity contribution in [1.29, 1.82) is 0 Å². The van der Waals surface area contributed by atoms with E-state index in [0.29, 0.717) is 23.2 Å². The lowest BCUT2D eigenvalue weighted by molar-refractivity contribution is 0.669. The molecule has 0 bridgehead atoms. The molecule has 9 aromatic rings. The fraction of sp³-hybridized carbons (Fsp3) is 0. The lowest BCUT2D eigenvalue weighted by Crippen LogP contribution is -2.00. The van der Waals surface area contributed by atoms with E-state index < -0.39 is 0 Å². The minimum absolute atomic E-state index is 0.546. The van der Waals surface area contributed by atoms with Crippen LogP contribution in [0.4, 0.5) is 5.69 Å². The summed E-state index contributed by atoms with van der Waals surface area (Å²) in [7, 11) is 0. The molecular formula is C46H28N4O. The van der Waals surface area contributed by atoms with Crippen LogP contribution >= 0.6 is 0 Å². The average Bonchev–Trinajstić information content (AvgIpc) is 3.60. The van der Waals surface area contributed by atoms with E-state index in [2.05, 4.69) is 71.6 Å². The van der Waals surface area contributed by atoms with Crippen LogP contribution in [-0.4, -0.2) is 15.0 Å². The predicted octanol–water partition coefficient (Wildman–Crippen LogP) is 12.3. The van der Waals surface area contributed by atoms with Crippen molar-refractivity contribution in [1.82, 2.24) is 15.0 Å². The van der Waals surface area contributed by atoms with Crippen LogP contribution in [-0.2, 0) is 0 Å². The molecule has 5 heteroatoms. The van der Waals surface area contributed by atoms with Crippen LogP contribution in [0.25, 0.3) is 94.3 Å². The van der Waals surface area contributed by atoms with Gasteiger partial charge in [0.25, 0.3) is 0 Å². The molecule has 0 atom stereocenters. The Balaban J connectivity index is 1.15. The normalized spacial score (nSPS) is 11.1. The minimum Gasteiger partial charge on any atom is -0.456 e. The second-order valence-corrected chi connectivity index (χ2v) is 12.3. The summed E-state index contributed by atoms with van der Waals surface area (Å²) in [6.45, 7) is 7.67. The summed E-state index contributed by atoms with van der Waals surface area (Å²) in [6, 6.07) is 57.1. The number of furan rings is 1. The molecule has 2 heterocycles. The highest BCUT2D eigenvalue weighted by molar-refractivity contribution is 6.13. The van der Waals surface area contributed by atoms with Crippen molar-refractivity contribution in [2.24, 2.45) is 0 Å². The molecule has 0 amide bonds. The molecule has 0 radical (unpaired) electrons. The zero-order valence-corrected chi connectivity index (χ0v) is 27.4. The van der Waals surface area contributed by atoms with Crippen LogP contribution in [0.15, 0.2) is 174 Å². The van der Waals surface area contributed by atoms with Crippen LogP contribution in [0, 0.1) is 6.57 Å². The summed E-state index contributed by atoms with van der Waals surface area (Å²) in [5, 5.41) is 2.10. The number of nitrogens with zero attached hydrogens (tertiary/aromatic N) is 4. The highest BCUT2D eigenvalue weighted by Gasteiger charge is 2.17. The van der Waals surface area contributed by atoms with Crippen LogP contribution < -0.4 is 0 Å². The van der Waals surface area contributed by atoms with Crippen LogP contribution in [0.3, 0.4) is 0 Å². The van der Waals surface area contributed by atoms with Gasteiger partial charge in [0.15, 0.2) is 23.2 Å².